The van der Waals surface area contributed by atoms with E-state index in [0.717, 1.165) is 0 Å². The summed E-state index contributed by atoms with van der Waals surface area (Å²) < 4.78 is 215. The van der Waals surface area contributed by atoms with Gasteiger partial charge < -0.3 is 38.0 Å². The summed E-state index contributed by atoms with van der Waals surface area (Å²) in [6, 6.07) is 3.37. The Labute approximate surface area is 500 Å². The van der Waals surface area contributed by atoms with E-state index in [1.54, 1.807) is 0 Å². The van der Waals surface area contributed by atoms with E-state index >= 15 is 0 Å². The van der Waals surface area contributed by atoms with E-state index in [0.29, 0.717) is 42.5 Å². The SMILES string of the molecule is O=C(Nc1cc(S(=O)(=O)[O-])cc2cc(S(=O)(=O)[O-])cc(S(=O)(=O)[O-])c12)c1cc(C(=O)Nc2cc(S(=O)(=O)[O-])cc3cc(S(=O)(=O)[O-])cc(S(=O)(=O)[O-])c23)cc([N+](=O)[O-])c1.[Na+].[Na+].[Na+].[Na+].[Na+].[Na+]. The smallest absolute Gasteiger partial charge is 0.744 e. The Hall–Kier alpha value is 0.420. The summed E-state index contributed by atoms with van der Waals surface area (Å²) in [7, 11) is -34.0. The third kappa shape index (κ3) is 16.2. The molecular weight excluding hydrogens is 1060 g/mol. The molecule has 0 bridgehead atoms. The molecule has 314 valence electrons. The molecule has 5 aromatic carbocycles. The van der Waals surface area contributed by atoms with Crippen molar-refractivity contribution in [2.45, 2.75) is 29.4 Å². The quantitative estimate of drug-likeness (QED) is 0.0537. The van der Waals surface area contributed by atoms with E-state index in [4.69, 9.17) is 0 Å². The van der Waals surface area contributed by atoms with Gasteiger partial charge in [-0.3, -0.25) is 19.7 Å². The molecule has 0 saturated heterocycles. The van der Waals surface area contributed by atoms with Gasteiger partial charge in [-0.2, -0.15) is 0 Å². The number of amides is 2. The third-order valence-corrected chi connectivity index (χ3v) is 12.7. The standard InChI is InChI=1S/C28H19N3O22S6.6Na/c32-27(29-21-8-17(54(36,37)38)4-12-6-19(56(42,43)44)10-23(25(12)21)58(48,49)50)14-1-15(3-16(2-14)31(34)35)28(33)30-22-9-18(55(39,40)41)5-13-7-20(57(45,46)47)11-24(26(13)22)59(51,52)53;;;;;;/h1-11H,(H,29,32)(H,30,33)(H,36,37,38)(H,39,40,41)(H,42,43,44)(H,45,46,47)(H,48,49,50)(H,51,52,53);;;;;;/q;6*+1/p-6. The Bertz CT molecular complexity index is 3240. The molecular formula is C28H13N3Na6O22S6. The molecule has 0 aromatic heterocycles. The zero-order valence-electron chi connectivity index (χ0n) is 33.7. The van der Waals surface area contributed by atoms with Crippen molar-refractivity contribution in [3.05, 3.63) is 88.0 Å². The molecule has 0 aliphatic heterocycles. The van der Waals surface area contributed by atoms with Crippen LogP contribution in [0.15, 0.2) is 96.1 Å². The minimum absolute atomic E-state index is 0. The second-order valence-electron chi connectivity index (χ2n) is 11.6. The van der Waals surface area contributed by atoms with Crippen LogP contribution in [0.1, 0.15) is 20.7 Å². The molecule has 0 fully saturated rings. The summed E-state index contributed by atoms with van der Waals surface area (Å²) in [5.74, 6) is -3.29. The van der Waals surface area contributed by atoms with Gasteiger partial charge in [0.15, 0.2) is 0 Å². The molecule has 5 rings (SSSR count). The normalized spacial score (nSPS) is 11.8. The van der Waals surface area contributed by atoms with Crippen LogP contribution in [-0.2, 0) is 60.7 Å². The second kappa shape index (κ2) is 24.2. The zero-order chi connectivity index (χ0) is 44.6. The van der Waals surface area contributed by atoms with Gasteiger partial charge in [0.1, 0.15) is 60.7 Å². The van der Waals surface area contributed by atoms with Gasteiger partial charge in [0.25, 0.3) is 17.5 Å². The molecule has 37 heteroatoms. The molecule has 0 radical (unpaired) electrons. The number of carbonyl (C=O) groups is 2. The van der Waals surface area contributed by atoms with Crippen molar-refractivity contribution < 1.29 is 270 Å². The van der Waals surface area contributed by atoms with Crippen LogP contribution in [0.2, 0.25) is 0 Å². The van der Waals surface area contributed by atoms with Crippen molar-refractivity contribution in [1.29, 1.82) is 0 Å². The number of hydrogen-bond acceptors (Lipinski definition) is 22. The fraction of sp³-hybridized carbons (Fsp3) is 0. The summed E-state index contributed by atoms with van der Waals surface area (Å²) in [4.78, 5) is 29.2. The number of anilines is 2. The van der Waals surface area contributed by atoms with Crippen LogP contribution in [0, 0.1) is 10.1 Å². The van der Waals surface area contributed by atoms with Gasteiger partial charge in [0.2, 0.25) is 0 Å². The van der Waals surface area contributed by atoms with Gasteiger partial charge >= 0.3 is 177 Å². The zero-order valence-corrected chi connectivity index (χ0v) is 50.6. The third-order valence-electron chi connectivity index (χ3n) is 7.76. The summed E-state index contributed by atoms with van der Waals surface area (Å²) in [6.07, 6.45) is 0. The predicted octanol–water partition coefficient (Wildman–Crippen LogP) is -18.1. The number of fused-ring (bicyclic) bond motifs is 2. The molecule has 0 atom stereocenters. The van der Waals surface area contributed by atoms with Gasteiger partial charge in [-0.25, -0.2) is 50.5 Å². The summed E-state index contributed by atoms with van der Waals surface area (Å²) in [5.41, 5.74) is -5.24. The first-order valence-corrected chi connectivity index (χ1v) is 23.0. The van der Waals surface area contributed by atoms with Crippen molar-refractivity contribution in [3.63, 3.8) is 0 Å². The molecule has 65 heavy (non-hydrogen) atoms. The summed E-state index contributed by atoms with van der Waals surface area (Å²) in [6.45, 7) is 0. The van der Waals surface area contributed by atoms with E-state index < -0.39 is 157 Å². The summed E-state index contributed by atoms with van der Waals surface area (Å²) in [5, 5.41) is 11.8. The van der Waals surface area contributed by atoms with Gasteiger partial charge in [-0.05, 0) is 65.4 Å². The molecule has 0 saturated carbocycles. The molecule has 25 nitrogen and oxygen atoms in total. The minimum Gasteiger partial charge on any atom is -0.744 e. The monoisotopic (exact) mass is 1070 g/mol. The maximum atomic E-state index is 13.6. The van der Waals surface area contributed by atoms with Gasteiger partial charge in [-0.1, -0.05) is 0 Å². The maximum Gasteiger partial charge on any atom is 1.00 e. The Morgan fingerprint density at radius 3 is 0.892 bits per heavy atom. The Morgan fingerprint density at radius 2 is 0.662 bits per heavy atom. The number of nitrogens with zero attached hydrogens (tertiary/aromatic N) is 1. The fourth-order valence-electron chi connectivity index (χ4n) is 5.38. The molecule has 2 N–H and O–H groups in total. The van der Waals surface area contributed by atoms with Crippen LogP contribution in [0.3, 0.4) is 0 Å². The minimum atomic E-state index is -5.83. The topological polar surface area (TPSA) is 445 Å². The number of rotatable bonds is 11. The summed E-state index contributed by atoms with van der Waals surface area (Å²) >= 11 is 0. The molecule has 0 heterocycles. The van der Waals surface area contributed by atoms with Crippen LogP contribution in [0.4, 0.5) is 17.1 Å². The van der Waals surface area contributed by atoms with E-state index in [1.165, 1.54) is 0 Å². The first kappa shape index (κ1) is 67.5. The van der Waals surface area contributed by atoms with E-state index in [1.807, 2.05) is 10.6 Å². The first-order chi connectivity index (χ1) is 26.7. The van der Waals surface area contributed by atoms with Crippen LogP contribution >= 0.6 is 0 Å². The van der Waals surface area contributed by atoms with Gasteiger partial charge in [0.05, 0.1) is 45.7 Å². The molecule has 2 amide bonds. The van der Waals surface area contributed by atoms with Gasteiger partial charge in [-0.15, -0.1) is 0 Å². The van der Waals surface area contributed by atoms with Crippen LogP contribution < -0.4 is 188 Å². The maximum absolute atomic E-state index is 13.6. The number of nitro benzene ring substituents is 1. The van der Waals surface area contributed by atoms with Crippen LogP contribution in [0.25, 0.3) is 21.5 Å². The Kier molecular flexibility index (Phi) is 25.2. The number of nitro groups is 1. The Balaban J connectivity index is 0. The Morgan fingerprint density at radius 1 is 0.400 bits per heavy atom. The molecule has 0 aliphatic rings. The molecule has 0 spiro atoms. The van der Waals surface area contributed by atoms with Gasteiger partial charge in [0, 0.05) is 34.0 Å². The second-order valence-corrected chi connectivity index (χ2v) is 19.9. The van der Waals surface area contributed by atoms with E-state index in [9.17, 15) is 97.5 Å². The predicted molar refractivity (Wildman–Crippen MR) is 185 cm³/mol. The molecule has 0 aliphatic carbocycles. The molecule has 5 aromatic rings. The number of carbonyl (C=O) groups excluding carboxylic acids is 2. The molecule has 0 unspecified atom stereocenters. The van der Waals surface area contributed by atoms with Crippen molar-refractivity contribution in [2.75, 3.05) is 10.6 Å². The number of hydrogen-bond donors (Lipinski definition) is 2. The van der Waals surface area contributed by atoms with Crippen molar-refractivity contribution in [2.24, 2.45) is 0 Å². The average Bonchev–Trinajstić information content (AvgIpc) is 3.07. The van der Waals surface area contributed by atoms with Crippen LogP contribution in [0.5, 0.6) is 0 Å². The van der Waals surface area contributed by atoms with Crippen molar-refractivity contribution >= 4 is 111 Å². The van der Waals surface area contributed by atoms with Crippen molar-refractivity contribution in [3.8, 4) is 0 Å². The first-order valence-electron chi connectivity index (χ1n) is 14.6. The number of benzene rings is 5. The fourth-order valence-corrected chi connectivity index (χ4v) is 9.16. The van der Waals surface area contributed by atoms with Crippen LogP contribution in [-0.4, -0.2) is 94.6 Å². The number of nitrogens with one attached hydrogen (secondary N) is 2. The van der Waals surface area contributed by atoms with E-state index in [-0.39, 0.29) is 202 Å². The van der Waals surface area contributed by atoms with E-state index in [2.05, 4.69) is 0 Å². The largest absolute Gasteiger partial charge is 1.00 e. The number of non-ortho nitro benzene ring substituents is 1. The van der Waals surface area contributed by atoms with Crippen molar-refractivity contribution in [1.82, 2.24) is 0 Å². The average molecular weight is 1070 g/mol.